The Hall–Kier alpha value is -0.870. The Balaban J connectivity index is 0.00000364. The van der Waals surface area contributed by atoms with E-state index in [9.17, 15) is 0 Å². The zero-order valence-electron chi connectivity index (χ0n) is 18.1. The van der Waals surface area contributed by atoms with E-state index in [1.807, 2.05) is 25.7 Å². The fourth-order valence-electron chi connectivity index (χ4n) is 3.55. The molecule has 2 unspecified atom stereocenters. The number of morpholine rings is 1. The van der Waals surface area contributed by atoms with Gasteiger partial charge in [0.15, 0.2) is 5.96 Å². The monoisotopic (exact) mass is 492 g/mol. The van der Waals surface area contributed by atoms with Crippen LogP contribution < -0.4 is 10.6 Å². The lowest BCUT2D eigenvalue weighted by Crippen LogP contribution is -2.59. The highest BCUT2D eigenvalue weighted by atomic mass is 127. The van der Waals surface area contributed by atoms with Crippen LogP contribution in [0.5, 0.6) is 0 Å². The standard InChI is InChI=1S/C19H36N6O.HI/c1-13-10-25(11-14(2)26-13)19(5,6)12-22-18(20-7)21-9-17-15(3)23-24(8)16(17)4;/h13-14H,9-12H2,1-8H3,(H2,20,21,22);1H. The van der Waals surface area contributed by atoms with Crippen LogP contribution in [-0.2, 0) is 18.3 Å². The molecule has 1 saturated heterocycles. The van der Waals surface area contributed by atoms with Crippen molar-refractivity contribution in [3.8, 4) is 0 Å². The van der Waals surface area contributed by atoms with Gasteiger partial charge in [0.25, 0.3) is 0 Å². The quantitative estimate of drug-likeness (QED) is 0.375. The predicted octanol–water partition coefficient (Wildman–Crippen LogP) is 2.21. The topological polar surface area (TPSA) is 66.7 Å². The van der Waals surface area contributed by atoms with Gasteiger partial charge in [-0.2, -0.15) is 5.10 Å². The number of aromatic nitrogens is 2. The van der Waals surface area contributed by atoms with Crippen molar-refractivity contribution in [2.24, 2.45) is 12.0 Å². The normalized spacial score (nSPS) is 21.7. The lowest BCUT2D eigenvalue weighted by molar-refractivity contribution is -0.0946. The van der Waals surface area contributed by atoms with E-state index in [1.165, 1.54) is 11.3 Å². The van der Waals surface area contributed by atoms with Crippen LogP contribution in [-0.4, -0.2) is 65.1 Å². The fraction of sp³-hybridized carbons (Fsp3) is 0.789. The number of aliphatic imine (C=N–C) groups is 1. The molecule has 0 radical (unpaired) electrons. The van der Waals surface area contributed by atoms with Gasteiger partial charge in [0.2, 0.25) is 0 Å². The third-order valence-electron chi connectivity index (χ3n) is 5.28. The van der Waals surface area contributed by atoms with Crippen LogP contribution in [0, 0.1) is 13.8 Å². The van der Waals surface area contributed by atoms with Crippen molar-refractivity contribution in [1.29, 1.82) is 0 Å². The van der Waals surface area contributed by atoms with Gasteiger partial charge in [-0.1, -0.05) is 0 Å². The first kappa shape index (κ1) is 24.2. The molecule has 1 fully saturated rings. The Morgan fingerprint density at radius 2 is 1.81 bits per heavy atom. The minimum atomic E-state index is 0. The molecular weight excluding hydrogens is 455 g/mol. The van der Waals surface area contributed by atoms with Gasteiger partial charge < -0.3 is 15.4 Å². The summed E-state index contributed by atoms with van der Waals surface area (Å²) >= 11 is 0. The van der Waals surface area contributed by atoms with E-state index in [0.29, 0.717) is 0 Å². The third kappa shape index (κ3) is 6.32. The molecule has 0 spiro atoms. The summed E-state index contributed by atoms with van der Waals surface area (Å²) in [6, 6.07) is 0. The van der Waals surface area contributed by atoms with Crippen molar-refractivity contribution in [2.75, 3.05) is 26.7 Å². The molecule has 1 aliphatic rings. The first-order valence-corrected chi connectivity index (χ1v) is 9.48. The Morgan fingerprint density at radius 1 is 1.22 bits per heavy atom. The Labute approximate surface area is 181 Å². The minimum Gasteiger partial charge on any atom is -0.373 e. The van der Waals surface area contributed by atoms with Crippen LogP contribution in [0.4, 0.5) is 0 Å². The second-order valence-electron chi connectivity index (χ2n) is 8.03. The second kappa shape index (κ2) is 10.1. The van der Waals surface area contributed by atoms with E-state index in [4.69, 9.17) is 4.74 Å². The molecule has 2 heterocycles. The summed E-state index contributed by atoms with van der Waals surface area (Å²) < 4.78 is 7.79. The molecule has 1 aromatic heterocycles. The largest absolute Gasteiger partial charge is 0.373 e. The Morgan fingerprint density at radius 3 is 2.30 bits per heavy atom. The molecule has 0 amide bonds. The Bertz CT molecular complexity index is 632. The summed E-state index contributed by atoms with van der Waals surface area (Å²) in [7, 11) is 3.79. The zero-order chi connectivity index (χ0) is 19.5. The first-order valence-electron chi connectivity index (χ1n) is 9.48. The van der Waals surface area contributed by atoms with E-state index in [1.54, 1.807) is 0 Å². The molecule has 8 heteroatoms. The van der Waals surface area contributed by atoms with Gasteiger partial charge in [-0.3, -0.25) is 14.6 Å². The van der Waals surface area contributed by atoms with Crippen molar-refractivity contribution >= 4 is 29.9 Å². The van der Waals surface area contributed by atoms with Crippen molar-refractivity contribution in [3.05, 3.63) is 17.0 Å². The maximum Gasteiger partial charge on any atom is 0.191 e. The van der Waals surface area contributed by atoms with Crippen LogP contribution in [0.15, 0.2) is 4.99 Å². The molecule has 2 atom stereocenters. The molecule has 0 aromatic carbocycles. The van der Waals surface area contributed by atoms with Crippen LogP contribution in [0.1, 0.15) is 44.6 Å². The maximum absolute atomic E-state index is 5.86. The Kier molecular flexibility index (Phi) is 9.01. The second-order valence-corrected chi connectivity index (χ2v) is 8.03. The molecule has 7 nitrogen and oxygen atoms in total. The number of aryl methyl sites for hydroxylation is 2. The van der Waals surface area contributed by atoms with Crippen LogP contribution >= 0.6 is 24.0 Å². The summed E-state index contributed by atoms with van der Waals surface area (Å²) in [5.74, 6) is 0.815. The van der Waals surface area contributed by atoms with E-state index in [0.717, 1.165) is 37.8 Å². The van der Waals surface area contributed by atoms with Gasteiger partial charge in [-0.05, 0) is 41.5 Å². The van der Waals surface area contributed by atoms with Gasteiger partial charge in [-0.25, -0.2) is 0 Å². The molecule has 1 aromatic rings. The summed E-state index contributed by atoms with van der Waals surface area (Å²) in [5.41, 5.74) is 3.49. The molecule has 2 rings (SSSR count). The first-order chi connectivity index (χ1) is 12.1. The van der Waals surface area contributed by atoms with E-state index in [-0.39, 0.29) is 41.7 Å². The van der Waals surface area contributed by atoms with Crippen molar-refractivity contribution in [2.45, 2.75) is 65.8 Å². The average Bonchev–Trinajstić information content (AvgIpc) is 2.79. The summed E-state index contributed by atoms with van der Waals surface area (Å²) in [5, 5.41) is 11.4. The van der Waals surface area contributed by atoms with Gasteiger partial charge >= 0.3 is 0 Å². The van der Waals surface area contributed by atoms with Gasteiger partial charge in [0, 0.05) is 57.1 Å². The van der Waals surface area contributed by atoms with Crippen molar-refractivity contribution in [1.82, 2.24) is 25.3 Å². The number of guanidine groups is 1. The number of nitrogens with zero attached hydrogens (tertiary/aromatic N) is 4. The summed E-state index contributed by atoms with van der Waals surface area (Å²) in [6.45, 7) is 16.4. The van der Waals surface area contributed by atoms with Crippen LogP contribution in [0.2, 0.25) is 0 Å². The number of hydrogen-bond acceptors (Lipinski definition) is 4. The summed E-state index contributed by atoms with van der Waals surface area (Å²) in [6.07, 6.45) is 0.541. The molecule has 156 valence electrons. The molecule has 0 bridgehead atoms. The van der Waals surface area contributed by atoms with Crippen LogP contribution in [0.25, 0.3) is 0 Å². The maximum atomic E-state index is 5.86. The number of halogens is 1. The predicted molar refractivity (Wildman–Crippen MR) is 122 cm³/mol. The van der Waals surface area contributed by atoms with E-state index >= 15 is 0 Å². The molecule has 2 N–H and O–H groups in total. The number of rotatable bonds is 5. The average molecular weight is 492 g/mol. The number of nitrogens with one attached hydrogen (secondary N) is 2. The highest BCUT2D eigenvalue weighted by Crippen LogP contribution is 2.20. The smallest absolute Gasteiger partial charge is 0.191 e. The molecule has 0 aliphatic carbocycles. The SMILES string of the molecule is CN=C(NCc1c(C)nn(C)c1C)NCC(C)(C)N1CC(C)OC(C)C1.I. The number of ether oxygens (including phenoxy) is 1. The van der Waals surface area contributed by atoms with Gasteiger partial charge in [0.05, 0.1) is 17.9 Å². The highest BCUT2D eigenvalue weighted by molar-refractivity contribution is 14.0. The molecular formula is C19H37IN6O. The molecule has 1 aliphatic heterocycles. The molecule has 27 heavy (non-hydrogen) atoms. The number of hydrogen-bond donors (Lipinski definition) is 2. The lowest BCUT2D eigenvalue weighted by atomic mass is 10.00. The third-order valence-corrected chi connectivity index (χ3v) is 5.28. The van der Waals surface area contributed by atoms with Gasteiger partial charge in [-0.15, -0.1) is 24.0 Å². The van der Waals surface area contributed by atoms with Crippen LogP contribution in [0.3, 0.4) is 0 Å². The van der Waals surface area contributed by atoms with Gasteiger partial charge in [0.1, 0.15) is 0 Å². The van der Waals surface area contributed by atoms with E-state index in [2.05, 4.69) is 60.2 Å². The minimum absolute atomic E-state index is 0. The van der Waals surface area contributed by atoms with E-state index < -0.39 is 0 Å². The summed E-state index contributed by atoms with van der Waals surface area (Å²) in [4.78, 5) is 6.87. The molecule has 0 saturated carbocycles. The lowest BCUT2D eigenvalue weighted by Gasteiger charge is -2.45. The van der Waals surface area contributed by atoms with Crippen molar-refractivity contribution in [3.63, 3.8) is 0 Å². The van der Waals surface area contributed by atoms with Crippen molar-refractivity contribution < 1.29 is 4.74 Å². The highest BCUT2D eigenvalue weighted by Gasteiger charge is 2.33. The zero-order valence-corrected chi connectivity index (χ0v) is 20.4. The fourth-order valence-corrected chi connectivity index (χ4v) is 3.55.